The number of benzene rings is 1. The van der Waals surface area contributed by atoms with E-state index in [2.05, 4.69) is 10.2 Å². The Morgan fingerprint density at radius 1 is 1.21 bits per heavy atom. The highest BCUT2D eigenvalue weighted by molar-refractivity contribution is 7.08. The first-order valence-corrected chi connectivity index (χ1v) is 9.69. The summed E-state index contributed by atoms with van der Waals surface area (Å²) in [5.74, 6) is -0.0178. The number of carbonyl (C=O) groups is 1. The summed E-state index contributed by atoms with van der Waals surface area (Å²) < 4.78 is 45.5. The number of aromatic nitrogens is 2. The third-order valence-electron chi connectivity index (χ3n) is 4.73. The van der Waals surface area contributed by atoms with E-state index in [4.69, 9.17) is 4.42 Å². The first-order chi connectivity index (χ1) is 13.4. The fourth-order valence-electron chi connectivity index (χ4n) is 3.35. The number of alkyl halides is 3. The average molecular weight is 407 g/mol. The maximum absolute atomic E-state index is 13.3. The predicted molar refractivity (Wildman–Crippen MR) is 96.9 cm³/mol. The van der Waals surface area contributed by atoms with Crippen molar-refractivity contribution >= 4 is 17.2 Å². The van der Waals surface area contributed by atoms with E-state index in [9.17, 15) is 18.0 Å². The SMILES string of the molecule is O=C(c1ccccc1C(F)(F)F)N1CCCC(c2nnc(-c3ccsc3)o2)C1. The Kier molecular flexibility index (Phi) is 4.92. The zero-order valence-electron chi connectivity index (χ0n) is 14.6. The van der Waals surface area contributed by atoms with Gasteiger partial charge in [-0.25, -0.2) is 0 Å². The number of thiophene rings is 1. The maximum Gasteiger partial charge on any atom is 0.417 e. The van der Waals surface area contributed by atoms with E-state index in [-0.39, 0.29) is 18.0 Å². The molecule has 9 heteroatoms. The molecule has 3 aromatic rings. The topological polar surface area (TPSA) is 59.2 Å². The summed E-state index contributed by atoms with van der Waals surface area (Å²) in [6.45, 7) is 0.642. The van der Waals surface area contributed by atoms with Gasteiger partial charge in [-0.15, -0.1) is 10.2 Å². The fraction of sp³-hybridized carbons (Fsp3) is 0.316. The van der Waals surface area contributed by atoms with Crippen LogP contribution in [0.4, 0.5) is 13.2 Å². The monoisotopic (exact) mass is 407 g/mol. The standard InChI is InChI=1S/C19H16F3N3O2S/c20-19(21,22)15-6-2-1-5-14(15)18(26)25-8-3-4-12(10-25)16-23-24-17(27-16)13-7-9-28-11-13/h1-2,5-7,9,11-12H,3-4,8,10H2. The van der Waals surface area contributed by atoms with Gasteiger partial charge in [-0.2, -0.15) is 24.5 Å². The van der Waals surface area contributed by atoms with Crippen LogP contribution in [0, 0.1) is 0 Å². The lowest BCUT2D eigenvalue weighted by Gasteiger charge is -2.31. The molecule has 0 bridgehead atoms. The molecule has 0 spiro atoms. The summed E-state index contributed by atoms with van der Waals surface area (Å²) >= 11 is 1.51. The molecule has 5 nitrogen and oxygen atoms in total. The summed E-state index contributed by atoms with van der Waals surface area (Å²) in [5, 5.41) is 11.9. The van der Waals surface area contributed by atoms with Crippen LogP contribution in [0.2, 0.25) is 0 Å². The Labute approximate surface area is 162 Å². The molecule has 1 fully saturated rings. The molecular formula is C19H16F3N3O2S. The second-order valence-corrected chi connectivity index (χ2v) is 7.37. The Hall–Kier alpha value is -2.68. The lowest BCUT2D eigenvalue weighted by Crippen LogP contribution is -2.40. The Balaban J connectivity index is 1.54. The quantitative estimate of drug-likeness (QED) is 0.624. The highest BCUT2D eigenvalue weighted by Crippen LogP contribution is 2.34. The van der Waals surface area contributed by atoms with Gasteiger partial charge in [0, 0.05) is 24.0 Å². The number of nitrogens with zero attached hydrogens (tertiary/aromatic N) is 3. The molecular weight excluding hydrogens is 391 g/mol. The van der Waals surface area contributed by atoms with Crippen LogP contribution in [0.5, 0.6) is 0 Å². The Bertz CT molecular complexity index is 969. The lowest BCUT2D eigenvalue weighted by atomic mass is 9.96. The molecule has 3 heterocycles. The molecule has 146 valence electrons. The summed E-state index contributed by atoms with van der Waals surface area (Å²) in [6.07, 6.45) is -3.19. The first kappa shape index (κ1) is 18.7. The van der Waals surface area contributed by atoms with Crippen molar-refractivity contribution in [3.05, 3.63) is 58.1 Å². The number of hydrogen-bond acceptors (Lipinski definition) is 5. The first-order valence-electron chi connectivity index (χ1n) is 8.75. The number of piperidine rings is 1. The second-order valence-electron chi connectivity index (χ2n) is 6.59. The summed E-state index contributed by atoms with van der Waals surface area (Å²) in [4.78, 5) is 14.2. The molecule has 2 aromatic heterocycles. The lowest BCUT2D eigenvalue weighted by molar-refractivity contribution is -0.138. The molecule has 0 N–H and O–H groups in total. The van der Waals surface area contributed by atoms with E-state index in [0.717, 1.165) is 18.1 Å². The van der Waals surface area contributed by atoms with E-state index in [1.165, 1.54) is 34.4 Å². The van der Waals surface area contributed by atoms with Crippen LogP contribution < -0.4 is 0 Å². The van der Waals surface area contributed by atoms with E-state index in [1.54, 1.807) is 0 Å². The van der Waals surface area contributed by atoms with Gasteiger partial charge in [-0.3, -0.25) is 4.79 Å². The summed E-state index contributed by atoms with van der Waals surface area (Å²) in [7, 11) is 0. The van der Waals surface area contributed by atoms with Crippen LogP contribution >= 0.6 is 11.3 Å². The van der Waals surface area contributed by atoms with Crippen molar-refractivity contribution in [1.82, 2.24) is 15.1 Å². The summed E-state index contributed by atoms with van der Waals surface area (Å²) in [5.41, 5.74) is -0.425. The predicted octanol–water partition coefficient (Wildman–Crippen LogP) is 4.84. The molecule has 1 aliphatic rings. The molecule has 0 radical (unpaired) electrons. The molecule has 0 aliphatic carbocycles. The molecule has 0 saturated carbocycles. The van der Waals surface area contributed by atoms with Crippen molar-refractivity contribution < 1.29 is 22.4 Å². The highest BCUT2D eigenvalue weighted by atomic mass is 32.1. The number of rotatable bonds is 3. The number of carbonyl (C=O) groups excluding carboxylic acids is 1. The van der Waals surface area contributed by atoms with Crippen LogP contribution in [-0.4, -0.2) is 34.1 Å². The van der Waals surface area contributed by atoms with Crippen molar-refractivity contribution in [2.24, 2.45) is 0 Å². The highest BCUT2D eigenvalue weighted by Gasteiger charge is 2.37. The summed E-state index contributed by atoms with van der Waals surface area (Å²) in [6, 6.07) is 6.74. The van der Waals surface area contributed by atoms with Gasteiger partial charge in [-0.05, 0) is 36.4 Å². The van der Waals surface area contributed by atoms with Gasteiger partial charge >= 0.3 is 6.18 Å². The van der Waals surface area contributed by atoms with E-state index >= 15 is 0 Å². The van der Waals surface area contributed by atoms with Gasteiger partial charge in [0.2, 0.25) is 11.8 Å². The molecule has 4 rings (SSSR count). The van der Waals surface area contributed by atoms with Gasteiger partial charge in [-0.1, -0.05) is 12.1 Å². The van der Waals surface area contributed by atoms with Crippen molar-refractivity contribution in [1.29, 1.82) is 0 Å². The minimum Gasteiger partial charge on any atom is -0.420 e. The number of amides is 1. The van der Waals surface area contributed by atoms with Gasteiger partial charge in [0.1, 0.15) is 0 Å². The van der Waals surface area contributed by atoms with Gasteiger partial charge in [0.25, 0.3) is 5.91 Å². The molecule has 1 unspecified atom stereocenters. The zero-order valence-corrected chi connectivity index (χ0v) is 15.5. The molecule has 1 atom stereocenters. The molecule has 1 aromatic carbocycles. The largest absolute Gasteiger partial charge is 0.420 e. The average Bonchev–Trinajstić information content (AvgIpc) is 3.38. The zero-order chi connectivity index (χ0) is 19.7. The number of hydrogen-bond donors (Lipinski definition) is 0. The second kappa shape index (κ2) is 7.38. The van der Waals surface area contributed by atoms with E-state index < -0.39 is 17.6 Å². The smallest absolute Gasteiger partial charge is 0.417 e. The van der Waals surface area contributed by atoms with Crippen molar-refractivity contribution in [3.63, 3.8) is 0 Å². The van der Waals surface area contributed by atoms with E-state index in [1.807, 2.05) is 16.8 Å². The fourth-order valence-corrected chi connectivity index (χ4v) is 3.98. The normalized spacial score (nSPS) is 17.7. The Morgan fingerprint density at radius 2 is 2.04 bits per heavy atom. The van der Waals surface area contributed by atoms with Crippen LogP contribution in [0.15, 0.2) is 45.5 Å². The molecule has 1 saturated heterocycles. The van der Waals surface area contributed by atoms with Crippen LogP contribution in [0.3, 0.4) is 0 Å². The Morgan fingerprint density at radius 3 is 2.79 bits per heavy atom. The maximum atomic E-state index is 13.3. The molecule has 1 aliphatic heterocycles. The van der Waals surface area contributed by atoms with Crippen LogP contribution in [0.1, 0.15) is 40.6 Å². The molecule has 28 heavy (non-hydrogen) atoms. The number of likely N-dealkylation sites (tertiary alicyclic amines) is 1. The van der Waals surface area contributed by atoms with E-state index in [0.29, 0.717) is 24.7 Å². The van der Waals surface area contributed by atoms with Gasteiger partial charge < -0.3 is 9.32 Å². The van der Waals surface area contributed by atoms with Gasteiger partial charge in [0.05, 0.1) is 17.0 Å². The third kappa shape index (κ3) is 3.66. The molecule has 1 amide bonds. The van der Waals surface area contributed by atoms with Crippen LogP contribution in [0.25, 0.3) is 11.5 Å². The minimum absolute atomic E-state index is 0.198. The van der Waals surface area contributed by atoms with Gasteiger partial charge in [0.15, 0.2) is 0 Å². The third-order valence-corrected chi connectivity index (χ3v) is 5.41. The van der Waals surface area contributed by atoms with Crippen molar-refractivity contribution in [2.45, 2.75) is 24.9 Å². The van der Waals surface area contributed by atoms with Crippen molar-refractivity contribution in [2.75, 3.05) is 13.1 Å². The van der Waals surface area contributed by atoms with Crippen molar-refractivity contribution in [3.8, 4) is 11.5 Å². The minimum atomic E-state index is -4.58. The number of halogens is 3. The van der Waals surface area contributed by atoms with Crippen LogP contribution in [-0.2, 0) is 6.18 Å².